The first-order valence-electron chi connectivity index (χ1n) is 9.84. The third kappa shape index (κ3) is 4.31. The van der Waals surface area contributed by atoms with Crippen LogP contribution in [0.5, 0.6) is 0 Å². The molecule has 2 heteroatoms. The van der Waals surface area contributed by atoms with Gasteiger partial charge in [0, 0.05) is 19.6 Å². The van der Waals surface area contributed by atoms with Gasteiger partial charge in [0.2, 0.25) is 0 Å². The Bertz CT molecular complexity index is 654. The van der Waals surface area contributed by atoms with Crippen LogP contribution >= 0.6 is 0 Å². The molecule has 0 amide bonds. The first-order chi connectivity index (χ1) is 12.3. The highest BCUT2D eigenvalue weighted by atomic mass is 15.2. The summed E-state index contributed by atoms with van der Waals surface area (Å²) < 4.78 is 0. The second-order valence-corrected chi connectivity index (χ2v) is 8.06. The first kappa shape index (κ1) is 16.8. The summed E-state index contributed by atoms with van der Waals surface area (Å²) in [7, 11) is 0. The van der Waals surface area contributed by atoms with Crippen molar-refractivity contribution in [1.82, 2.24) is 9.80 Å². The first-order valence-corrected chi connectivity index (χ1v) is 9.84. The molecule has 0 saturated carbocycles. The lowest BCUT2D eigenvalue weighted by molar-refractivity contribution is 0.236. The average Bonchev–Trinajstić information content (AvgIpc) is 3.23. The average molecular weight is 335 g/mol. The van der Waals surface area contributed by atoms with E-state index in [9.17, 15) is 0 Å². The Hall–Kier alpha value is -1.64. The fourth-order valence-corrected chi connectivity index (χ4v) is 4.71. The Labute approximate surface area is 152 Å². The molecule has 2 saturated heterocycles. The van der Waals surface area contributed by atoms with E-state index in [1.54, 1.807) is 0 Å². The van der Waals surface area contributed by atoms with Crippen LogP contribution in [-0.2, 0) is 13.0 Å². The minimum atomic E-state index is 0.571. The second-order valence-electron chi connectivity index (χ2n) is 8.06. The molecular formula is C23H30N2. The van der Waals surface area contributed by atoms with E-state index in [2.05, 4.69) is 70.5 Å². The molecule has 0 aromatic heterocycles. The summed E-state index contributed by atoms with van der Waals surface area (Å²) in [6.07, 6.45) is 5.27. The molecule has 1 atom stereocenters. The minimum absolute atomic E-state index is 0.571. The normalized spacial score (nSPS) is 24.3. The maximum absolute atomic E-state index is 2.72. The van der Waals surface area contributed by atoms with Crippen molar-refractivity contribution >= 4 is 0 Å². The quantitative estimate of drug-likeness (QED) is 0.780. The van der Waals surface area contributed by atoms with Crippen LogP contribution in [0, 0.1) is 5.41 Å². The number of hydrogen-bond donors (Lipinski definition) is 0. The Balaban J connectivity index is 1.23. The van der Waals surface area contributed by atoms with E-state index in [4.69, 9.17) is 0 Å². The van der Waals surface area contributed by atoms with E-state index < -0.39 is 0 Å². The summed E-state index contributed by atoms with van der Waals surface area (Å²) in [5.74, 6) is 0. The zero-order valence-corrected chi connectivity index (χ0v) is 15.2. The smallest absolute Gasteiger partial charge is 0.0233 e. The minimum Gasteiger partial charge on any atom is -0.303 e. The van der Waals surface area contributed by atoms with Crippen LogP contribution in [0.25, 0.3) is 0 Å². The van der Waals surface area contributed by atoms with Crippen molar-refractivity contribution in [1.29, 1.82) is 0 Å². The van der Waals surface area contributed by atoms with Crippen LogP contribution in [0.4, 0.5) is 0 Å². The molecule has 132 valence electrons. The molecule has 4 rings (SSSR count). The van der Waals surface area contributed by atoms with Crippen molar-refractivity contribution in [2.75, 3.05) is 32.7 Å². The Morgan fingerprint density at radius 3 is 2.04 bits per heavy atom. The molecule has 2 aliphatic rings. The van der Waals surface area contributed by atoms with Crippen molar-refractivity contribution in [3.05, 3.63) is 71.8 Å². The maximum atomic E-state index is 2.72. The Morgan fingerprint density at radius 2 is 1.32 bits per heavy atom. The molecule has 2 aromatic rings. The monoisotopic (exact) mass is 334 g/mol. The summed E-state index contributed by atoms with van der Waals surface area (Å²) in [6.45, 7) is 7.55. The molecular weight excluding hydrogens is 304 g/mol. The second kappa shape index (κ2) is 7.72. The van der Waals surface area contributed by atoms with Gasteiger partial charge in [0.25, 0.3) is 0 Å². The third-order valence-corrected chi connectivity index (χ3v) is 6.07. The van der Waals surface area contributed by atoms with Crippen molar-refractivity contribution in [3.63, 3.8) is 0 Å². The van der Waals surface area contributed by atoms with Gasteiger partial charge in [-0.15, -0.1) is 0 Å². The van der Waals surface area contributed by atoms with E-state index in [-0.39, 0.29) is 0 Å². The molecule has 0 radical (unpaired) electrons. The standard InChI is InChI=1S/C23H30N2/c1-3-8-21(9-4-1)12-7-15-24-16-13-23(19-24)14-17-25(20-23)18-22-10-5-2-6-11-22/h1-6,8-11H,7,12-20H2. The highest BCUT2D eigenvalue weighted by Gasteiger charge is 2.42. The summed E-state index contributed by atoms with van der Waals surface area (Å²) >= 11 is 0. The summed E-state index contributed by atoms with van der Waals surface area (Å²) in [5, 5.41) is 0. The molecule has 2 aliphatic heterocycles. The molecule has 0 aliphatic carbocycles. The number of aryl methyl sites for hydroxylation is 1. The lowest BCUT2D eigenvalue weighted by Crippen LogP contribution is -2.31. The number of nitrogens with zero attached hydrogens (tertiary/aromatic N) is 2. The molecule has 2 nitrogen and oxygen atoms in total. The molecule has 0 bridgehead atoms. The van der Waals surface area contributed by atoms with Crippen molar-refractivity contribution in [2.24, 2.45) is 5.41 Å². The van der Waals surface area contributed by atoms with Gasteiger partial charge in [0.05, 0.1) is 0 Å². The number of rotatable bonds is 6. The van der Waals surface area contributed by atoms with Crippen LogP contribution in [0.15, 0.2) is 60.7 Å². The van der Waals surface area contributed by atoms with Crippen LogP contribution in [0.2, 0.25) is 0 Å². The van der Waals surface area contributed by atoms with Crippen LogP contribution < -0.4 is 0 Å². The fraction of sp³-hybridized carbons (Fsp3) is 0.478. The topological polar surface area (TPSA) is 6.48 Å². The van der Waals surface area contributed by atoms with Gasteiger partial charge in [-0.05, 0) is 61.9 Å². The van der Waals surface area contributed by atoms with Crippen LogP contribution in [0.3, 0.4) is 0 Å². The Kier molecular flexibility index (Phi) is 5.19. The van der Waals surface area contributed by atoms with Crippen molar-refractivity contribution < 1.29 is 0 Å². The van der Waals surface area contributed by atoms with E-state index >= 15 is 0 Å². The van der Waals surface area contributed by atoms with Gasteiger partial charge in [-0.1, -0.05) is 60.7 Å². The highest BCUT2D eigenvalue weighted by Crippen LogP contribution is 2.39. The third-order valence-electron chi connectivity index (χ3n) is 6.07. The molecule has 1 unspecified atom stereocenters. The van der Waals surface area contributed by atoms with Gasteiger partial charge in [-0.3, -0.25) is 4.90 Å². The predicted molar refractivity (Wildman–Crippen MR) is 105 cm³/mol. The van der Waals surface area contributed by atoms with Gasteiger partial charge < -0.3 is 4.90 Å². The molecule has 2 heterocycles. The van der Waals surface area contributed by atoms with E-state index in [0.717, 1.165) is 6.54 Å². The van der Waals surface area contributed by atoms with Crippen molar-refractivity contribution in [3.8, 4) is 0 Å². The predicted octanol–water partition coefficient (Wildman–Crippen LogP) is 4.22. The zero-order valence-electron chi connectivity index (χ0n) is 15.2. The summed E-state index contributed by atoms with van der Waals surface area (Å²) in [4.78, 5) is 5.39. The maximum Gasteiger partial charge on any atom is 0.0233 e. The number of benzene rings is 2. The lowest BCUT2D eigenvalue weighted by Gasteiger charge is -2.25. The number of likely N-dealkylation sites (tertiary alicyclic amines) is 2. The lowest BCUT2D eigenvalue weighted by atomic mass is 9.86. The van der Waals surface area contributed by atoms with Crippen LogP contribution in [0.1, 0.15) is 30.4 Å². The SMILES string of the molecule is c1ccc(CCCN2CCC3(CCN(Cc4ccccc4)C3)C2)cc1. The fourth-order valence-electron chi connectivity index (χ4n) is 4.71. The van der Waals surface area contributed by atoms with E-state index in [0.29, 0.717) is 5.41 Å². The van der Waals surface area contributed by atoms with Gasteiger partial charge in [-0.25, -0.2) is 0 Å². The summed E-state index contributed by atoms with van der Waals surface area (Å²) in [5.41, 5.74) is 3.50. The van der Waals surface area contributed by atoms with Crippen LogP contribution in [-0.4, -0.2) is 42.5 Å². The van der Waals surface area contributed by atoms with Gasteiger partial charge >= 0.3 is 0 Å². The molecule has 1 spiro atoms. The number of hydrogen-bond acceptors (Lipinski definition) is 2. The molecule has 0 N–H and O–H groups in total. The van der Waals surface area contributed by atoms with Crippen molar-refractivity contribution in [2.45, 2.75) is 32.2 Å². The molecule has 2 aromatic carbocycles. The van der Waals surface area contributed by atoms with Gasteiger partial charge in [0.15, 0.2) is 0 Å². The van der Waals surface area contributed by atoms with Gasteiger partial charge in [0.1, 0.15) is 0 Å². The highest BCUT2D eigenvalue weighted by molar-refractivity contribution is 5.15. The Morgan fingerprint density at radius 1 is 0.720 bits per heavy atom. The largest absolute Gasteiger partial charge is 0.303 e. The van der Waals surface area contributed by atoms with Gasteiger partial charge in [-0.2, -0.15) is 0 Å². The van der Waals surface area contributed by atoms with E-state index in [1.807, 2.05) is 0 Å². The molecule has 2 fully saturated rings. The molecule has 25 heavy (non-hydrogen) atoms. The van der Waals surface area contributed by atoms with E-state index in [1.165, 1.54) is 69.5 Å². The summed E-state index contributed by atoms with van der Waals surface area (Å²) in [6, 6.07) is 21.9. The zero-order chi connectivity index (χ0) is 17.0.